The highest BCUT2D eigenvalue weighted by Gasteiger charge is 2.28. The molecule has 1 aliphatic rings. The topological polar surface area (TPSA) is 50.7 Å². The second-order valence-electron chi connectivity index (χ2n) is 4.83. The number of nitrogens with zero attached hydrogens (tertiary/aromatic N) is 3. The van der Waals surface area contributed by atoms with Gasteiger partial charge in [0.1, 0.15) is 12.1 Å². The van der Waals surface area contributed by atoms with E-state index < -0.39 is 0 Å². The van der Waals surface area contributed by atoms with Crippen LogP contribution in [0.2, 0.25) is 0 Å². The maximum absolute atomic E-state index is 4.57. The maximum Gasteiger partial charge on any atom is 0.132 e. The zero-order chi connectivity index (χ0) is 13.2. The summed E-state index contributed by atoms with van der Waals surface area (Å²) in [5.41, 5.74) is 4.91. The van der Waals surface area contributed by atoms with Crippen molar-refractivity contribution < 1.29 is 0 Å². The van der Waals surface area contributed by atoms with Crippen LogP contribution in [0.1, 0.15) is 41.8 Å². The van der Waals surface area contributed by atoms with Crippen LogP contribution in [0, 0.1) is 0 Å². The number of hydrogen-bond donors (Lipinski definition) is 1. The van der Waals surface area contributed by atoms with Crippen molar-refractivity contribution in [1.82, 2.24) is 15.0 Å². The van der Waals surface area contributed by atoms with Gasteiger partial charge in [-0.1, -0.05) is 13.0 Å². The minimum atomic E-state index is 0.321. The van der Waals surface area contributed by atoms with Crippen molar-refractivity contribution in [1.29, 1.82) is 0 Å². The van der Waals surface area contributed by atoms with Gasteiger partial charge >= 0.3 is 0 Å². The molecule has 1 unspecified atom stereocenters. The molecule has 1 atom stereocenters. The number of aryl methyl sites for hydroxylation is 1. The van der Waals surface area contributed by atoms with Crippen molar-refractivity contribution >= 4 is 5.82 Å². The number of anilines is 1. The Balaban J connectivity index is 2.09. The summed E-state index contributed by atoms with van der Waals surface area (Å²) in [6, 6.07) is 4.19. The van der Waals surface area contributed by atoms with Gasteiger partial charge in [0.2, 0.25) is 0 Å². The fourth-order valence-corrected chi connectivity index (χ4v) is 2.97. The van der Waals surface area contributed by atoms with Gasteiger partial charge in [0.05, 0.1) is 11.4 Å². The summed E-state index contributed by atoms with van der Waals surface area (Å²) >= 11 is 0. The van der Waals surface area contributed by atoms with Gasteiger partial charge in [-0.3, -0.25) is 4.98 Å². The first-order valence-electron chi connectivity index (χ1n) is 6.80. The van der Waals surface area contributed by atoms with Gasteiger partial charge in [-0.15, -0.1) is 0 Å². The summed E-state index contributed by atoms with van der Waals surface area (Å²) in [5, 5.41) is 3.16. The molecule has 0 aromatic carbocycles. The van der Waals surface area contributed by atoms with E-state index in [2.05, 4.69) is 33.3 Å². The van der Waals surface area contributed by atoms with Crippen molar-refractivity contribution in [3.8, 4) is 0 Å². The molecule has 4 heteroatoms. The van der Waals surface area contributed by atoms with Crippen LogP contribution in [0.3, 0.4) is 0 Å². The molecule has 0 amide bonds. The quantitative estimate of drug-likeness (QED) is 0.914. The lowest BCUT2D eigenvalue weighted by molar-refractivity contribution is 0.728. The molecule has 2 heterocycles. The molecule has 0 saturated heterocycles. The Labute approximate surface area is 113 Å². The van der Waals surface area contributed by atoms with E-state index in [1.165, 1.54) is 16.8 Å². The van der Waals surface area contributed by atoms with Crippen molar-refractivity contribution in [2.75, 3.05) is 12.4 Å². The fourth-order valence-electron chi connectivity index (χ4n) is 2.97. The predicted molar refractivity (Wildman–Crippen MR) is 75.4 cm³/mol. The van der Waals surface area contributed by atoms with E-state index in [0.717, 1.165) is 30.8 Å². The van der Waals surface area contributed by atoms with Crippen LogP contribution in [0.5, 0.6) is 0 Å². The first kappa shape index (κ1) is 12.1. The van der Waals surface area contributed by atoms with Crippen molar-refractivity contribution in [2.24, 2.45) is 0 Å². The molecule has 4 nitrogen and oxygen atoms in total. The van der Waals surface area contributed by atoms with Crippen LogP contribution < -0.4 is 5.32 Å². The third-order valence-electron chi connectivity index (χ3n) is 3.86. The van der Waals surface area contributed by atoms with Crippen LogP contribution in [-0.2, 0) is 12.8 Å². The Hall–Kier alpha value is -1.97. The zero-order valence-electron chi connectivity index (χ0n) is 11.3. The molecule has 3 rings (SSSR count). The second-order valence-corrected chi connectivity index (χ2v) is 4.83. The van der Waals surface area contributed by atoms with Crippen LogP contribution >= 0.6 is 0 Å². The van der Waals surface area contributed by atoms with E-state index in [-0.39, 0.29) is 0 Å². The molecule has 0 bridgehead atoms. The smallest absolute Gasteiger partial charge is 0.132 e. The van der Waals surface area contributed by atoms with Gasteiger partial charge in [0.25, 0.3) is 0 Å². The first-order valence-corrected chi connectivity index (χ1v) is 6.80. The lowest BCUT2D eigenvalue weighted by Crippen LogP contribution is -2.09. The molecule has 0 aliphatic heterocycles. The molecule has 1 aliphatic carbocycles. The Morgan fingerprint density at radius 2 is 2.16 bits per heavy atom. The Morgan fingerprint density at radius 3 is 2.95 bits per heavy atom. The normalized spacial score (nSPS) is 17.3. The van der Waals surface area contributed by atoms with Crippen LogP contribution in [0.4, 0.5) is 5.82 Å². The number of aromatic nitrogens is 3. The van der Waals surface area contributed by atoms with Crippen molar-refractivity contribution in [3.05, 3.63) is 47.2 Å². The highest BCUT2D eigenvalue weighted by atomic mass is 15.0. The van der Waals surface area contributed by atoms with E-state index in [0.29, 0.717) is 5.92 Å². The lowest BCUT2D eigenvalue weighted by Gasteiger charge is -2.16. The first-order chi connectivity index (χ1) is 9.35. The molecule has 0 radical (unpaired) electrons. The van der Waals surface area contributed by atoms with Gasteiger partial charge in [-0.2, -0.15) is 0 Å². The van der Waals surface area contributed by atoms with Crippen molar-refractivity contribution in [2.45, 2.75) is 32.1 Å². The van der Waals surface area contributed by atoms with Gasteiger partial charge in [-0.05, 0) is 30.9 Å². The van der Waals surface area contributed by atoms with E-state index >= 15 is 0 Å². The van der Waals surface area contributed by atoms with Crippen molar-refractivity contribution in [3.63, 3.8) is 0 Å². The third-order valence-corrected chi connectivity index (χ3v) is 3.86. The summed E-state index contributed by atoms with van der Waals surface area (Å²) in [6.07, 6.45) is 6.66. The number of rotatable bonds is 3. The molecular weight excluding hydrogens is 236 g/mol. The average molecular weight is 254 g/mol. The van der Waals surface area contributed by atoms with E-state index in [4.69, 9.17) is 0 Å². The maximum atomic E-state index is 4.57. The standard InChI is InChI=1S/C15H18N4/c1-3-11-14(18-9-19-15(11)16-2)12-7-6-10-5-4-8-17-13(10)12/h4-5,8-9,12H,3,6-7H2,1-2H3,(H,16,18,19). The minimum absolute atomic E-state index is 0.321. The monoisotopic (exact) mass is 254 g/mol. The lowest BCUT2D eigenvalue weighted by atomic mass is 9.96. The summed E-state index contributed by atoms with van der Waals surface area (Å²) in [6.45, 7) is 2.15. The minimum Gasteiger partial charge on any atom is -0.373 e. The van der Waals surface area contributed by atoms with E-state index in [1.54, 1.807) is 6.33 Å². The Morgan fingerprint density at radius 1 is 1.26 bits per heavy atom. The highest BCUT2D eigenvalue weighted by molar-refractivity contribution is 5.49. The number of nitrogens with one attached hydrogen (secondary N) is 1. The predicted octanol–water partition coefficient (Wildman–Crippen LogP) is 2.55. The molecular formula is C15H18N4. The summed E-state index contributed by atoms with van der Waals surface area (Å²) < 4.78 is 0. The summed E-state index contributed by atoms with van der Waals surface area (Å²) in [4.78, 5) is 13.4. The molecule has 19 heavy (non-hydrogen) atoms. The fraction of sp³-hybridized carbons (Fsp3) is 0.400. The summed E-state index contributed by atoms with van der Waals surface area (Å²) in [7, 11) is 1.91. The SMILES string of the molecule is CCc1c(NC)ncnc1C1CCc2cccnc21. The van der Waals surface area contributed by atoms with Gasteiger partial charge in [0, 0.05) is 24.7 Å². The average Bonchev–Trinajstić information content (AvgIpc) is 2.90. The van der Waals surface area contributed by atoms with E-state index in [9.17, 15) is 0 Å². The number of pyridine rings is 1. The Bertz CT molecular complexity index is 594. The van der Waals surface area contributed by atoms with E-state index in [1.807, 2.05) is 19.3 Å². The second kappa shape index (κ2) is 4.96. The summed E-state index contributed by atoms with van der Waals surface area (Å²) in [5.74, 6) is 1.26. The molecule has 1 N–H and O–H groups in total. The molecule has 98 valence electrons. The zero-order valence-corrected chi connectivity index (χ0v) is 11.3. The molecule has 0 fully saturated rings. The highest BCUT2D eigenvalue weighted by Crippen LogP contribution is 2.38. The largest absolute Gasteiger partial charge is 0.373 e. The van der Waals surface area contributed by atoms with Gasteiger partial charge in [0.15, 0.2) is 0 Å². The Kier molecular flexibility index (Phi) is 3.15. The number of hydrogen-bond acceptors (Lipinski definition) is 4. The number of fused-ring (bicyclic) bond motifs is 1. The van der Waals surface area contributed by atoms with Crippen LogP contribution in [-0.4, -0.2) is 22.0 Å². The molecule has 2 aromatic heterocycles. The van der Waals surface area contributed by atoms with Gasteiger partial charge in [-0.25, -0.2) is 9.97 Å². The molecule has 2 aromatic rings. The van der Waals surface area contributed by atoms with Crippen LogP contribution in [0.15, 0.2) is 24.7 Å². The van der Waals surface area contributed by atoms with Gasteiger partial charge < -0.3 is 5.32 Å². The third kappa shape index (κ3) is 1.97. The molecule has 0 saturated carbocycles. The molecule has 0 spiro atoms. The van der Waals surface area contributed by atoms with Crippen LogP contribution in [0.25, 0.3) is 0 Å².